The van der Waals surface area contributed by atoms with Gasteiger partial charge in [0.2, 0.25) is 0 Å². The van der Waals surface area contributed by atoms with Gasteiger partial charge < -0.3 is 14.3 Å². The fourth-order valence-corrected chi connectivity index (χ4v) is 7.21. The highest BCUT2D eigenvalue weighted by Gasteiger charge is 2.28. The van der Waals surface area contributed by atoms with Gasteiger partial charge in [0.25, 0.3) is 0 Å². The Morgan fingerprint density at radius 3 is 1.88 bits per heavy atom. The number of imidazole rings is 1. The number of furan rings is 1. The lowest BCUT2D eigenvalue weighted by molar-refractivity contribution is 0.558. The van der Waals surface area contributed by atoms with E-state index in [-0.39, 0.29) is 6.04 Å². The predicted molar refractivity (Wildman–Crippen MR) is 201 cm³/mol. The number of aryl methyl sites for hydroxylation is 7. The number of hydrogen-bond donors (Lipinski definition) is 1. The predicted octanol–water partition coefficient (Wildman–Crippen LogP) is 11.5. The number of fused-ring (bicyclic) bond motifs is 1. The van der Waals surface area contributed by atoms with Crippen LogP contribution in [-0.4, -0.2) is 9.55 Å². The fourth-order valence-electron chi connectivity index (χ4n) is 7.21. The van der Waals surface area contributed by atoms with Crippen molar-refractivity contribution in [1.29, 1.82) is 0 Å². The van der Waals surface area contributed by atoms with Gasteiger partial charge in [0, 0.05) is 36.2 Å². The van der Waals surface area contributed by atoms with Crippen LogP contribution in [0, 0.1) is 34.6 Å². The Balaban J connectivity index is 1.47. The molecule has 1 atom stereocenters. The van der Waals surface area contributed by atoms with Gasteiger partial charge in [-0.1, -0.05) is 121 Å². The van der Waals surface area contributed by atoms with Crippen molar-refractivity contribution in [2.45, 2.75) is 54.0 Å². The molecule has 7 aromatic rings. The van der Waals surface area contributed by atoms with E-state index in [0.717, 1.165) is 57.0 Å². The number of benzene rings is 5. The SMILES string of the molecule is CCc1oc2ccccc2c1-c1cn(C)c(C(Nc2c(-c3ccc(C)cc3)cccc2-c2ccc(C)cc2)c2c(C)cc(C)cc2C)n1. The van der Waals surface area contributed by atoms with E-state index in [2.05, 4.69) is 156 Å². The zero-order chi connectivity index (χ0) is 33.5. The molecule has 1 N–H and O–H groups in total. The van der Waals surface area contributed by atoms with Crippen LogP contribution >= 0.6 is 0 Å². The number of anilines is 1. The van der Waals surface area contributed by atoms with Crippen LogP contribution in [0.4, 0.5) is 5.69 Å². The topological polar surface area (TPSA) is 43.0 Å². The van der Waals surface area contributed by atoms with E-state index in [0.29, 0.717) is 0 Å². The van der Waals surface area contributed by atoms with Crippen LogP contribution < -0.4 is 5.32 Å². The number of para-hydroxylation sites is 2. The third-order valence-corrected chi connectivity index (χ3v) is 9.52. The maximum Gasteiger partial charge on any atom is 0.136 e. The summed E-state index contributed by atoms with van der Waals surface area (Å²) >= 11 is 0. The van der Waals surface area contributed by atoms with Crippen LogP contribution in [0.25, 0.3) is 44.5 Å². The molecule has 0 aliphatic rings. The van der Waals surface area contributed by atoms with Gasteiger partial charge in [-0.2, -0.15) is 0 Å². The Bertz CT molecular complexity index is 2160. The van der Waals surface area contributed by atoms with Crippen LogP contribution in [0.15, 0.2) is 114 Å². The number of aromatic nitrogens is 2. The van der Waals surface area contributed by atoms with E-state index < -0.39 is 0 Å². The van der Waals surface area contributed by atoms with Gasteiger partial charge in [0.05, 0.1) is 16.9 Å². The molecule has 5 aromatic carbocycles. The van der Waals surface area contributed by atoms with Crippen molar-refractivity contribution in [3.8, 4) is 33.5 Å². The molecule has 0 aliphatic carbocycles. The van der Waals surface area contributed by atoms with Gasteiger partial charge in [0.15, 0.2) is 0 Å². The van der Waals surface area contributed by atoms with Crippen molar-refractivity contribution in [2.75, 3.05) is 5.32 Å². The Morgan fingerprint density at radius 2 is 1.29 bits per heavy atom. The van der Waals surface area contributed by atoms with Gasteiger partial charge in [-0.05, 0) is 68.5 Å². The summed E-state index contributed by atoms with van der Waals surface area (Å²) in [4.78, 5) is 5.46. The van der Waals surface area contributed by atoms with Gasteiger partial charge >= 0.3 is 0 Å². The molecule has 48 heavy (non-hydrogen) atoms. The molecule has 0 saturated carbocycles. The summed E-state index contributed by atoms with van der Waals surface area (Å²) in [5.74, 6) is 1.90. The summed E-state index contributed by atoms with van der Waals surface area (Å²) < 4.78 is 8.51. The monoisotopic (exact) mass is 629 g/mol. The average molecular weight is 630 g/mol. The van der Waals surface area contributed by atoms with Gasteiger partial charge in [0.1, 0.15) is 23.2 Å². The first-order valence-corrected chi connectivity index (χ1v) is 16.9. The highest BCUT2D eigenvalue weighted by Crippen LogP contribution is 2.43. The molecule has 0 radical (unpaired) electrons. The Kier molecular flexibility index (Phi) is 8.26. The second-order valence-electron chi connectivity index (χ2n) is 13.2. The van der Waals surface area contributed by atoms with E-state index in [1.165, 1.54) is 44.5 Å². The Labute approximate surface area is 284 Å². The first-order valence-electron chi connectivity index (χ1n) is 16.9. The number of nitrogens with zero attached hydrogens (tertiary/aromatic N) is 2. The van der Waals surface area contributed by atoms with Gasteiger partial charge in [-0.15, -0.1) is 0 Å². The molecule has 7 rings (SSSR count). The first kappa shape index (κ1) is 31.3. The van der Waals surface area contributed by atoms with Crippen molar-refractivity contribution in [3.05, 3.63) is 154 Å². The smallest absolute Gasteiger partial charge is 0.136 e. The molecule has 0 bridgehead atoms. The molecule has 0 spiro atoms. The number of hydrogen-bond acceptors (Lipinski definition) is 3. The van der Waals surface area contributed by atoms with E-state index in [1.54, 1.807) is 0 Å². The van der Waals surface area contributed by atoms with Gasteiger partial charge in [-0.3, -0.25) is 0 Å². The summed E-state index contributed by atoms with van der Waals surface area (Å²) in [5, 5.41) is 5.23. The highest BCUT2D eigenvalue weighted by molar-refractivity contribution is 5.95. The second kappa shape index (κ2) is 12.7. The van der Waals surface area contributed by atoms with E-state index in [4.69, 9.17) is 9.40 Å². The largest absolute Gasteiger partial charge is 0.460 e. The molecular weight excluding hydrogens is 587 g/mol. The highest BCUT2D eigenvalue weighted by atomic mass is 16.3. The summed E-state index contributed by atoms with van der Waals surface area (Å²) in [7, 11) is 2.11. The van der Waals surface area contributed by atoms with Crippen molar-refractivity contribution in [3.63, 3.8) is 0 Å². The van der Waals surface area contributed by atoms with Crippen molar-refractivity contribution < 1.29 is 4.42 Å². The lowest BCUT2D eigenvalue weighted by Gasteiger charge is -2.27. The van der Waals surface area contributed by atoms with Gasteiger partial charge in [-0.25, -0.2) is 4.98 Å². The van der Waals surface area contributed by atoms with E-state index in [9.17, 15) is 0 Å². The minimum Gasteiger partial charge on any atom is -0.460 e. The van der Waals surface area contributed by atoms with Crippen LogP contribution in [0.1, 0.15) is 57.9 Å². The van der Waals surface area contributed by atoms with E-state index >= 15 is 0 Å². The fraction of sp³-hybridized carbons (Fsp3) is 0.205. The molecule has 240 valence electrons. The third-order valence-electron chi connectivity index (χ3n) is 9.52. The van der Waals surface area contributed by atoms with Crippen molar-refractivity contribution in [2.24, 2.45) is 7.05 Å². The van der Waals surface area contributed by atoms with Crippen LogP contribution in [0.2, 0.25) is 0 Å². The minimum atomic E-state index is -0.233. The van der Waals surface area contributed by atoms with E-state index in [1.807, 2.05) is 12.1 Å². The molecule has 0 fully saturated rings. The molecule has 4 heteroatoms. The van der Waals surface area contributed by atoms with Crippen molar-refractivity contribution in [1.82, 2.24) is 9.55 Å². The number of rotatable bonds is 8. The quantitative estimate of drug-likeness (QED) is 0.182. The molecule has 0 aliphatic heterocycles. The average Bonchev–Trinajstić information content (AvgIpc) is 3.64. The minimum absolute atomic E-state index is 0.233. The Hall–Kier alpha value is -5.35. The standard InChI is InChI=1S/C44H43N3O/c1-8-38-41(36-12-9-10-15-39(36)48-38)37-26-47(7)44(45-37)43(40-30(5)24-29(4)25-31(40)6)46-42-34(32-20-16-27(2)17-21-32)13-11-14-35(42)33-22-18-28(3)19-23-33/h9-26,43,46H,8H2,1-7H3. The first-order chi connectivity index (χ1) is 23.2. The zero-order valence-electron chi connectivity index (χ0n) is 29.0. The van der Waals surface area contributed by atoms with Crippen molar-refractivity contribution >= 4 is 16.7 Å². The molecule has 0 amide bonds. The summed E-state index contributed by atoms with van der Waals surface area (Å²) in [6, 6.07) is 36.9. The third kappa shape index (κ3) is 5.73. The lowest BCUT2D eigenvalue weighted by Crippen LogP contribution is -2.20. The van der Waals surface area contributed by atoms with Crippen LogP contribution in [0.5, 0.6) is 0 Å². The molecule has 2 aromatic heterocycles. The second-order valence-corrected chi connectivity index (χ2v) is 13.2. The maximum absolute atomic E-state index is 6.33. The summed E-state index contributed by atoms with van der Waals surface area (Å²) in [6.45, 7) is 13.0. The number of nitrogens with one attached hydrogen (secondary N) is 1. The van der Waals surface area contributed by atoms with Crippen LogP contribution in [0.3, 0.4) is 0 Å². The molecular formula is C44H43N3O. The Morgan fingerprint density at radius 1 is 0.708 bits per heavy atom. The molecule has 2 heterocycles. The molecule has 4 nitrogen and oxygen atoms in total. The normalized spacial score (nSPS) is 12.1. The zero-order valence-corrected chi connectivity index (χ0v) is 29.0. The molecule has 1 unspecified atom stereocenters. The lowest BCUT2D eigenvalue weighted by atomic mass is 9.91. The molecule has 0 saturated heterocycles. The maximum atomic E-state index is 6.33. The summed E-state index contributed by atoms with van der Waals surface area (Å²) in [5.41, 5.74) is 16.1. The van der Waals surface area contributed by atoms with Crippen LogP contribution in [-0.2, 0) is 13.5 Å². The summed E-state index contributed by atoms with van der Waals surface area (Å²) in [6.07, 6.45) is 2.95.